The molecule has 2 atom stereocenters. The minimum absolute atomic E-state index is 0.133. The molecule has 1 unspecified atom stereocenters. The Bertz CT molecular complexity index is 883. The lowest BCUT2D eigenvalue weighted by atomic mass is 9.94. The molecular weight excluding hydrogens is 470 g/mol. The number of carbonyl (C=O) groups excluding carboxylic acids is 2. The van der Waals surface area contributed by atoms with Gasteiger partial charge in [-0.25, -0.2) is 0 Å². The number of hydrogen-bond acceptors (Lipinski definition) is 4. The summed E-state index contributed by atoms with van der Waals surface area (Å²) in [7, 11) is 4.17. The van der Waals surface area contributed by atoms with Crippen LogP contribution in [0.4, 0.5) is 0 Å². The molecule has 0 radical (unpaired) electrons. The summed E-state index contributed by atoms with van der Waals surface area (Å²) in [5.41, 5.74) is 2.28. The van der Waals surface area contributed by atoms with E-state index in [2.05, 4.69) is 56.5 Å². The zero-order chi connectivity index (χ0) is 26.5. The van der Waals surface area contributed by atoms with Gasteiger partial charge in [0.1, 0.15) is 0 Å². The number of amides is 1. The van der Waals surface area contributed by atoms with Crippen molar-refractivity contribution < 1.29 is 9.59 Å². The number of benzene rings is 1. The Hall–Kier alpha value is -1.95. The Morgan fingerprint density at radius 2 is 2.08 bits per heavy atom. The van der Waals surface area contributed by atoms with Gasteiger partial charge in [0.15, 0.2) is 5.78 Å². The van der Waals surface area contributed by atoms with Crippen molar-refractivity contribution >= 4 is 29.4 Å². The fraction of sp³-hybridized carbons (Fsp3) is 0.600. The number of carbonyl (C=O) groups is 2. The number of halogens is 1. The molecule has 200 valence electrons. The van der Waals surface area contributed by atoms with Crippen molar-refractivity contribution in [2.24, 2.45) is 5.92 Å². The molecule has 1 fully saturated rings. The monoisotopic (exact) mass is 515 g/mol. The van der Waals surface area contributed by atoms with Crippen LogP contribution < -0.4 is 0 Å². The molecule has 6 heteroatoms. The van der Waals surface area contributed by atoms with Crippen molar-refractivity contribution in [1.82, 2.24) is 14.7 Å². The highest BCUT2D eigenvalue weighted by Crippen LogP contribution is 2.24. The van der Waals surface area contributed by atoms with Crippen LogP contribution >= 0.6 is 11.6 Å². The molecular formula is C30H46ClN3O2. The summed E-state index contributed by atoms with van der Waals surface area (Å²) in [4.78, 5) is 31.8. The molecule has 1 aliphatic heterocycles. The number of rotatable bonds is 15. The second-order valence-electron chi connectivity index (χ2n) is 10.3. The molecule has 0 saturated carbocycles. The van der Waals surface area contributed by atoms with E-state index < -0.39 is 0 Å². The summed E-state index contributed by atoms with van der Waals surface area (Å²) in [6.07, 6.45) is 12.6. The first-order valence-electron chi connectivity index (χ1n) is 13.5. The SMILES string of the molecule is C=Cc1ccc(Cl)cc1CC=CCC[C@H]1CCCN(CC(=O)CN(CC)CCC(C)N(C)C)C(=O)C1. The van der Waals surface area contributed by atoms with Crippen molar-refractivity contribution in [2.75, 3.05) is 46.8 Å². The zero-order valence-corrected chi connectivity index (χ0v) is 23.6. The molecule has 1 saturated heterocycles. The summed E-state index contributed by atoms with van der Waals surface area (Å²) in [5.74, 6) is 0.662. The molecule has 0 spiro atoms. The highest BCUT2D eigenvalue weighted by molar-refractivity contribution is 6.30. The van der Waals surface area contributed by atoms with Crippen LogP contribution in [0.25, 0.3) is 6.08 Å². The lowest BCUT2D eigenvalue weighted by molar-refractivity contribution is -0.135. The third kappa shape index (κ3) is 10.6. The van der Waals surface area contributed by atoms with Gasteiger partial charge < -0.3 is 9.80 Å². The standard InChI is InChI=1S/C30H46ClN3O2/c1-6-26-15-16-28(31)21-27(26)14-10-8-9-12-25-13-11-18-34(30(36)20-25)23-29(35)22-33(7-2)19-17-24(3)32(4)5/h6,8,10,15-16,21,24-25H,1,7,9,11-14,17-20,22-23H2,2-5H3/t24?,25-/m0/s1. The maximum absolute atomic E-state index is 12.9. The van der Waals surface area contributed by atoms with E-state index >= 15 is 0 Å². The van der Waals surface area contributed by atoms with Gasteiger partial charge in [-0.1, -0.05) is 49.4 Å². The molecule has 0 aromatic heterocycles. The molecule has 1 amide bonds. The Morgan fingerprint density at radius 3 is 2.78 bits per heavy atom. The minimum atomic E-state index is 0.133. The van der Waals surface area contributed by atoms with Gasteiger partial charge in [0.25, 0.3) is 0 Å². The van der Waals surface area contributed by atoms with Crippen LogP contribution in [0.1, 0.15) is 63.5 Å². The maximum atomic E-state index is 12.9. The van der Waals surface area contributed by atoms with Gasteiger partial charge in [-0.3, -0.25) is 14.5 Å². The third-order valence-electron chi connectivity index (χ3n) is 7.39. The number of likely N-dealkylation sites (N-methyl/N-ethyl adjacent to an activating group) is 1. The van der Waals surface area contributed by atoms with E-state index in [9.17, 15) is 9.59 Å². The first kappa shape index (κ1) is 30.3. The number of allylic oxidation sites excluding steroid dienone is 2. The molecule has 0 bridgehead atoms. The zero-order valence-electron chi connectivity index (χ0n) is 22.8. The van der Waals surface area contributed by atoms with E-state index in [0.29, 0.717) is 31.5 Å². The fourth-order valence-electron chi connectivity index (χ4n) is 4.69. The van der Waals surface area contributed by atoms with Crippen LogP contribution in [0, 0.1) is 5.92 Å². The van der Waals surface area contributed by atoms with Crippen molar-refractivity contribution in [3.05, 3.63) is 53.1 Å². The first-order chi connectivity index (χ1) is 17.2. The van der Waals surface area contributed by atoms with Crippen molar-refractivity contribution in [3.63, 3.8) is 0 Å². The summed E-state index contributed by atoms with van der Waals surface area (Å²) >= 11 is 6.14. The van der Waals surface area contributed by atoms with Gasteiger partial charge in [0.05, 0.1) is 13.1 Å². The number of Topliss-reactive ketones (excluding diaryl/α,β-unsaturated/α-hetero) is 1. The van der Waals surface area contributed by atoms with Crippen LogP contribution in [0.2, 0.25) is 5.02 Å². The number of hydrogen-bond donors (Lipinski definition) is 0. The lowest BCUT2D eigenvalue weighted by Gasteiger charge is -2.26. The molecule has 36 heavy (non-hydrogen) atoms. The predicted molar refractivity (Wildman–Crippen MR) is 152 cm³/mol. The average Bonchev–Trinajstić information content (AvgIpc) is 3.01. The van der Waals surface area contributed by atoms with Gasteiger partial charge in [0.2, 0.25) is 5.91 Å². The smallest absolute Gasteiger partial charge is 0.223 e. The molecule has 0 aliphatic carbocycles. The van der Waals surface area contributed by atoms with Gasteiger partial charge >= 0.3 is 0 Å². The molecule has 1 aromatic carbocycles. The molecule has 1 heterocycles. The molecule has 1 aliphatic rings. The first-order valence-corrected chi connectivity index (χ1v) is 13.8. The van der Waals surface area contributed by atoms with Crippen LogP contribution in [-0.2, 0) is 16.0 Å². The Kier molecular flexibility index (Phi) is 13.5. The summed E-state index contributed by atoms with van der Waals surface area (Å²) < 4.78 is 0. The van der Waals surface area contributed by atoms with Crippen molar-refractivity contribution in [2.45, 2.75) is 64.8 Å². The van der Waals surface area contributed by atoms with Gasteiger partial charge in [-0.2, -0.15) is 0 Å². The second-order valence-corrected chi connectivity index (χ2v) is 10.8. The highest BCUT2D eigenvalue weighted by atomic mass is 35.5. The van der Waals surface area contributed by atoms with E-state index in [0.717, 1.165) is 62.2 Å². The van der Waals surface area contributed by atoms with Crippen molar-refractivity contribution in [3.8, 4) is 0 Å². The van der Waals surface area contributed by atoms with E-state index in [1.807, 2.05) is 24.3 Å². The second kappa shape index (κ2) is 16.0. The Balaban J connectivity index is 1.76. The maximum Gasteiger partial charge on any atom is 0.223 e. The van der Waals surface area contributed by atoms with Crippen molar-refractivity contribution in [1.29, 1.82) is 0 Å². The van der Waals surface area contributed by atoms with E-state index in [1.54, 1.807) is 4.90 Å². The predicted octanol–water partition coefficient (Wildman–Crippen LogP) is 5.72. The highest BCUT2D eigenvalue weighted by Gasteiger charge is 2.25. The van der Waals surface area contributed by atoms with Gasteiger partial charge in [0, 0.05) is 30.6 Å². The number of nitrogens with zero attached hydrogens (tertiary/aromatic N) is 3. The normalized spacial score (nSPS) is 17.7. The molecule has 5 nitrogen and oxygen atoms in total. The average molecular weight is 516 g/mol. The number of ketones is 1. The molecule has 0 N–H and O–H groups in total. The summed E-state index contributed by atoms with van der Waals surface area (Å²) in [6.45, 7) is 11.3. The van der Waals surface area contributed by atoms with Crippen LogP contribution in [0.15, 0.2) is 36.9 Å². The van der Waals surface area contributed by atoms with Crippen LogP contribution in [0.5, 0.6) is 0 Å². The van der Waals surface area contributed by atoms with E-state index in [1.165, 1.54) is 5.56 Å². The van der Waals surface area contributed by atoms with E-state index in [4.69, 9.17) is 11.6 Å². The third-order valence-corrected chi connectivity index (χ3v) is 7.62. The van der Waals surface area contributed by atoms with Gasteiger partial charge in [-0.05, 0) is 95.3 Å². The quantitative estimate of drug-likeness (QED) is 0.280. The van der Waals surface area contributed by atoms with Gasteiger partial charge in [-0.15, -0.1) is 0 Å². The largest absolute Gasteiger partial charge is 0.335 e. The topological polar surface area (TPSA) is 43.9 Å². The molecule has 1 aromatic rings. The Labute approximate surface area is 224 Å². The fourth-order valence-corrected chi connectivity index (χ4v) is 4.88. The van der Waals surface area contributed by atoms with E-state index in [-0.39, 0.29) is 18.2 Å². The Morgan fingerprint density at radius 1 is 1.31 bits per heavy atom. The summed E-state index contributed by atoms with van der Waals surface area (Å²) in [5, 5.41) is 0.741. The van der Waals surface area contributed by atoms with Crippen LogP contribution in [0.3, 0.4) is 0 Å². The lowest BCUT2D eigenvalue weighted by Crippen LogP contribution is -2.41. The summed E-state index contributed by atoms with van der Waals surface area (Å²) in [6, 6.07) is 6.36. The minimum Gasteiger partial charge on any atom is -0.335 e. The van der Waals surface area contributed by atoms with Crippen LogP contribution in [-0.4, -0.2) is 79.3 Å². The molecule has 2 rings (SSSR count). The number of likely N-dealkylation sites (tertiary alicyclic amines) is 1.